The van der Waals surface area contributed by atoms with Gasteiger partial charge in [0.1, 0.15) is 0 Å². The van der Waals surface area contributed by atoms with Crippen molar-refractivity contribution in [2.45, 2.75) is 13.1 Å². The number of nitrogens with two attached hydrogens (primary N) is 1. The van der Waals surface area contributed by atoms with Crippen LogP contribution in [0.4, 0.5) is 25.1 Å². The van der Waals surface area contributed by atoms with Gasteiger partial charge in [-0.2, -0.15) is 22.8 Å². The quantitative estimate of drug-likeness (QED) is 0.909. The van der Waals surface area contributed by atoms with Crippen LogP contribution in [0, 0.1) is 0 Å². The standard InChI is InChI=1S/C10H10ClF3N6/c1-2-16-9-18-8(15)20(19-9)7-6(11)3-5(4-17-7)10(12,13)14/h3-4H,2H2,1H3,(H3,15,16,18,19). The Morgan fingerprint density at radius 2 is 2.15 bits per heavy atom. The van der Waals surface area contributed by atoms with Gasteiger partial charge < -0.3 is 11.1 Å². The molecule has 2 rings (SSSR count). The van der Waals surface area contributed by atoms with Crippen LogP contribution in [0.1, 0.15) is 12.5 Å². The molecule has 2 aromatic heterocycles. The largest absolute Gasteiger partial charge is 0.417 e. The summed E-state index contributed by atoms with van der Waals surface area (Å²) in [5, 5.41) is 6.56. The number of anilines is 2. The van der Waals surface area contributed by atoms with Gasteiger partial charge in [-0.3, -0.25) is 0 Å². The van der Waals surface area contributed by atoms with Gasteiger partial charge in [0.05, 0.1) is 10.6 Å². The van der Waals surface area contributed by atoms with Crippen LogP contribution in [0.3, 0.4) is 0 Å². The molecule has 0 radical (unpaired) electrons. The van der Waals surface area contributed by atoms with Crippen LogP contribution < -0.4 is 11.1 Å². The molecule has 0 atom stereocenters. The number of nitrogens with one attached hydrogen (secondary N) is 1. The Morgan fingerprint density at radius 1 is 1.45 bits per heavy atom. The number of hydrogen-bond donors (Lipinski definition) is 2. The van der Waals surface area contributed by atoms with Crippen LogP contribution in [-0.4, -0.2) is 26.3 Å². The number of nitrogens with zero attached hydrogens (tertiary/aromatic N) is 4. The van der Waals surface area contributed by atoms with Gasteiger partial charge in [-0.25, -0.2) is 4.98 Å². The predicted octanol–water partition coefficient (Wildman–Crippen LogP) is 2.35. The van der Waals surface area contributed by atoms with Crippen molar-refractivity contribution in [2.24, 2.45) is 0 Å². The van der Waals surface area contributed by atoms with Gasteiger partial charge in [0.25, 0.3) is 0 Å². The minimum atomic E-state index is -4.52. The van der Waals surface area contributed by atoms with Gasteiger partial charge >= 0.3 is 6.18 Å². The highest BCUT2D eigenvalue weighted by Crippen LogP contribution is 2.32. The Balaban J connectivity index is 2.43. The first-order valence-corrected chi connectivity index (χ1v) is 5.90. The molecule has 0 saturated carbocycles. The predicted molar refractivity (Wildman–Crippen MR) is 67.7 cm³/mol. The Bertz CT molecular complexity index is 624. The van der Waals surface area contributed by atoms with Crippen LogP contribution in [-0.2, 0) is 6.18 Å². The molecule has 0 aliphatic heterocycles. The van der Waals surface area contributed by atoms with Gasteiger partial charge in [0.15, 0.2) is 5.82 Å². The van der Waals surface area contributed by atoms with Crippen molar-refractivity contribution in [3.8, 4) is 5.82 Å². The van der Waals surface area contributed by atoms with E-state index in [1.807, 2.05) is 6.92 Å². The van der Waals surface area contributed by atoms with Crippen molar-refractivity contribution in [2.75, 3.05) is 17.6 Å². The first-order valence-electron chi connectivity index (χ1n) is 5.52. The van der Waals surface area contributed by atoms with Crippen molar-refractivity contribution in [3.05, 3.63) is 22.8 Å². The van der Waals surface area contributed by atoms with E-state index in [4.69, 9.17) is 17.3 Å². The number of pyridine rings is 1. The summed E-state index contributed by atoms with van der Waals surface area (Å²) in [6.07, 6.45) is -3.85. The van der Waals surface area contributed by atoms with E-state index in [9.17, 15) is 13.2 Å². The molecule has 3 N–H and O–H groups in total. The van der Waals surface area contributed by atoms with E-state index in [1.54, 1.807) is 0 Å². The van der Waals surface area contributed by atoms with Gasteiger partial charge in [-0.1, -0.05) is 11.6 Å². The Kier molecular flexibility index (Phi) is 3.71. The fourth-order valence-corrected chi connectivity index (χ4v) is 1.70. The molecule has 2 heterocycles. The summed E-state index contributed by atoms with van der Waals surface area (Å²) in [6.45, 7) is 2.40. The fourth-order valence-electron chi connectivity index (χ4n) is 1.45. The number of halogens is 4. The molecule has 0 spiro atoms. The lowest BCUT2D eigenvalue weighted by Crippen LogP contribution is -2.10. The molecule has 0 aliphatic rings. The van der Waals surface area contributed by atoms with Crippen molar-refractivity contribution >= 4 is 23.5 Å². The van der Waals surface area contributed by atoms with Crippen LogP contribution in [0.2, 0.25) is 5.02 Å². The lowest BCUT2D eigenvalue weighted by molar-refractivity contribution is -0.137. The first-order chi connectivity index (χ1) is 9.32. The van der Waals surface area contributed by atoms with E-state index in [2.05, 4.69) is 20.4 Å². The lowest BCUT2D eigenvalue weighted by atomic mass is 10.3. The van der Waals surface area contributed by atoms with Gasteiger partial charge in [0.2, 0.25) is 11.9 Å². The third-order valence-corrected chi connectivity index (χ3v) is 2.59. The molecular formula is C10H10ClF3N6. The molecule has 0 amide bonds. The topological polar surface area (TPSA) is 81.6 Å². The normalized spacial score (nSPS) is 11.7. The van der Waals surface area contributed by atoms with E-state index in [1.165, 1.54) is 0 Å². The Labute approximate surface area is 116 Å². The van der Waals surface area contributed by atoms with E-state index < -0.39 is 11.7 Å². The van der Waals surface area contributed by atoms with Gasteiger partial charge in [-0.05, 0) is 13.0 Å². The van der Waals surface area contributed by atoms with Crippen LogP contribution >= 0.6 is 11.6 Å². The van der Waals surface area contributed by atoms with Crippen LogP contribution in [0.25, 0.3) is 5.82 Å². The lowest BCUT2D eigenvalue weighted by Gasteiger charge is -2.09. The average molecular weight is 307 g/mol. The Morgan fingerprint density at radius 3 is 2.70 bits per heavy atom. The highest BCUT2D eigenvalue weighted by atomic mass is 35.5. The summed E-state index contributed by atoms with van der Waals surface area (Å²) in [5.41, 5.74) is 4.68. The zero-order valence-corrected chi connectivity index (χ0v) is 11.0. The highest BCUT2D eigenvalue weighted by molar-refractivity contribution is 6.32. The summed E-state index contributed by atoms with van der Waals surface area (Å²) < 4.78 is 38.6. The second kappa shape index (κ2) is 5.16. The number of aromatic nitrogens is 4. The monoisotopic (exact) mass is 306 g/mol. The molecule has 0 aliphatic carbocycles. The number of nitrogen functional groups attached to an aromatic ring is 1. The molecule has 2 aromatic rings. The van der Waals surface area contributed by atoms with Crippen molar-refractivity contribution in [3.63, 3.8) is 0 Å². The number of alkyl halides is 3. The molecule has 0 bridgehead atoms. The molecule has 10 heteroatoms. The van der Waals surface area contributed by atoms with Gasteiger partial charge in [0, 0.05) is 12.7 Å². The second-order valence-corrected chi connectivity index (χ2v) is 4.17. The van der Waals surface area contributed by atoms with Crippen molar-refractivity contribution in [1.29, 1.82) is 0 Å². The third-order valence-electron chi connectivity index (χ3n) is 2.32. The third kappa shape index (κ3) is 2.77. The zero-order valence-electron chi connectivity index (χ0n) is 10.2. The van der Waals surface area contributed by atoms with Crippen LogP contribution in [0.15, 0.2) is 12.3 Å². The minimum absolute atomic E-state index is 0.0196. The van der Waals surface area contributed by atoms with E-state index >= 15 is 0 Å². The number of rotatable bonds is 3. The van der Waals surface area contributed by atoms with E-state index in [0.29, 0.717) is 12.7 Å². The molecule has 0 unspecified atom stereocenters. The van der Waals surface area contributed by atoms with E-state index in [-0.39, 0.29) is 22.7 Å². The molecule has 6 nitrogen and oxygen atoms in total. The second-order valence-electron chi connectivity index (χ2n) is 3.76. The first kappa shape index (κ1) is 14.4. The maximum absolute atomic E-state index is 12.5. The zero-order chi connectivity index (χ0) is 14.9. The van der Waals surface area contributed by atoms with Crippen molar-refractivity contribution in [1.82, 2.24) is 19.7 Å². The van der Waals surface area contributed by atoms with Crippen LogP contribution in [0.5, 0.6) is 0 Å². The maximum atomic E-state index is 12.5. The summed E-state index contributed by atoms with van der Waals surface area (Å²) in [7, 11) is 0. The summed E-state index contributed by atoms with van der Waals surface area (Å²) >= 11 is 5.80. The molecular weight excluding hydrogens is 297 g/mol. The fraction of sp³-hybridized carbons (Fsp3) is 0.300. The average Bonchev–Trinajstić information content (AvgIpc) is 2.69. The molecule has 0 saturated heterocycles. The SMILES string of the molecule is CCNc1nc(N)n(-c2ncc(C(F)(F)F)cc2Cl)n1. The summed E-state index contributed by atoms with van der Waals surface area (Å²) in [5.74, 6) is 0.187. The maximum Gasteiger partial charge on any atom is 0.417 e. The van der Waals surface area contributed by atoms with Crippen molar-refractivity contribution < 1.29 is 13.2 Å². The minimum Gasteiger partial charge on any atom is -0.368 e. The molecule has 108 valence electrons. The highest BCUT2D eigenvalue weighted by Gasteiger charge is 2.32. The Hall–Kier alpha value is -2.03. The summed E-state index contributed by atoms with van der Waals surface area (Å²) in [4.78, 5) is 7.54. The van der Waals surface area contributed by atoms with Gasteiger partial charge in [-0.15, -0.1) is 5.10 Å². The number of hydrogen-bond acceptors (Lipinski definition) is 5. The molecule has 0 aromatic carbocycles. The van der Waals surface area contributed by atoms with E-state index in [0.717, 1.165) is 10.7 Å². The molecule has 0 fully saturated rings. The molecule has 20 heavy (non-hydrogen) atoms. The smallest absolute Gasteiger partial charge is 0.368 e. The summed E-state index contributed by atoms with van der Waals surface area (Å²) in [6, 6.07) is 0.762.